The van der Waals surface area contributed by atoms with Crippen LogP contribution < -0.4 is 5.32 Å². The Morgan fingerprint density at radius 1 is 1.28 bits per heavy atom. The Morgan fingerprint density at radius 2 is 1.96 bits per heavy atom. The summed E-state index contributed by atoms with van der Waals surface area (Å²) in [5.74, 6) is -0.0549. The quantitative estimate of drug-likeness (QED) is 0.847. The molecule has 25 heavy (non-hydrogen) atoms. The minimum atomic E-state index is -3.24. The summed E-state index contributed by atoms with van der Waals surface area (Å²) in [7, 11) is -3.24. The fourth-order valence-corrected chi connectivity index (χ4v) is 4.41. The molecule has 1 saturated heterocycles. The number of H-pyrrole nitrogens is 1. The summed E-state index contributed by atoms with van der Waals surface area (Å²) in [5.41, 5.74) is 0.756. The Morgan fingerprint density at radius 3 is 2.52 bits per heavy atom. The zero-order chi connectivity index (χ0) is 17.9. The van der Waals surface area contributed by atoms with Crippen LogP contribution in [0.25, 0.3) is 0 Å². The molecule has 8 heteroatoms. The van der Waals surface area contributed by atoms with E-state index in [1.807, 2.05) is 30.3 Å². The molecule has 0 aliphatic carbocycles. The third kappa shape index (κ3) is 3.45. The van der Waals surface area contributed by atoms with E-state index in [0.29, 0.717) is 31.6 Å². The molecular formula is C17H22N4O3S. The van der Waals surface area contributed by atoms with Gasteiger partial charge in [0, 0.05) is 19.3 Å². The topological polar surface area (TPSA) is 95.2 Å². The maximum atomic E-state index is 13.1. The van der Waals surface area contributed by atoms with Gasteiger partial charge in [-0.15, -0.1) is 0 Å². The Kier molecular flexibility index (Phi) is 4.91. The lowest BCUT2D eigenvalue weighted by Gasteiger charge is -2.40. The monoisotopic (exact) mass is 362 g/mol. The van der Waals surface area contributed by atoms with Crippen LogP contribution in [0.15, 0.2) is 42.7 Å². The minimum Gasteiger partial charge on any atom is -0.323 e. The summed E-state index contributed by atoms with van der Waals surface area (Å²) in [5, 5.41) is 9.41. The molecule has 0 spiro atoms. The van der Waals surface area contributed by atoms with Crippen LogP contribution in [-0.2, 0) is 20.2 Å². The molecule has 1 aromatic heterocycles. The Balaban J connectivity index is 1.89. The minimum absolute atomic E-state index is 0.0759. The molecule has 1 fully saturated rings. The number of aromatic nitrogens is 2. The van der Waals surface area contributed by atoms with E-state index in [1.54, 1.807) is 19.3 Å². The maximum absolute atomic E-state index is 13.1. The standard InChI is InChI=1S/C17H22N4O3S/c1-2-25(23,24)21-10-8-17(9-11-21,14-6-4-3-5-7-14)16(22)20-15-12-18-19-13-15/h3-7,12-13H,2,8-11H2,1H3,(H,18,19)(H,20,22). The van der Waals surface area contributed by atoms with E-state index in [0.717, 1.165) is 5.56 Å². The van der Waals surface area contributed by atoms with Crippen LogP contribution in [0, 0.1) is 0 Å². The van der Waals surface area contributed by atoms with Crippen molar-refractivity contribution >= 4 is 21.6 Å². The van der Waals surface area contributed by atoms with E-state index in [-0.39, 0.29) is 11.7 Å². The molecule has 2 heterocycles. The fraction of sp³-hybridized carbons (Fsp3) is 0.412. The zero-order valence-electron chi connectivity index (χ0n) is 14.1. The highest BCUT2D eigenvalue weighted by Gasteiger charge is 2.44. The van der Waals surface area contributed by atoms with E-state index < -0.39 is 15.4 Å². The van der Waals surface area contributed by atoms with Gasteiger partial charge in [0.15, 0.2) is 0 Å². The van der Waals surface area contributed by atoms with Gasteiger partial charge in [-0.2, -0.15) is 5.10 Å². The normalized spacial score (nSPS) is 18.0. The van der Waals surface area contributed by atoms with Crippen LogP contribution in [0.2, 0.25) is 0 Å². The third-order valence-corrected chi connectivity index (χ3v) is 6.73. The summed E-state index contributed by atoms with van der Waals surface area (Å²) < 4.78 is 25.8. The number of nitrogens with zero attached hydrogens (tertiary/aromatic N) is 2. The van der Waals surface area contributed by atoms with Gasteiger partial charge in [-0.25, -0.2) is 12.7 Å². The van der Waals surface area contributed by atoms with Crippen molar-refractivity contribution in [1.82, 2.24) is 14.5 Å². The van der Waals surface area contributed by atoms with Crippen molar-refractivity contribution in [3.05, 3.63) is 48.3 Å². The van der Waals surface area contributed by atoms with Gasteiger partial charge in [-0.05, 0) is 25.3 Å². The van der Waals surface area contributed by atoms with Crippen LogP contribution >= 0.6 is 0 Å². The molecule has 0 radical (unpaired) electrons. The first-order valence-corrected chi connectivity index (χ1v) is 9.92. The van der Waals surface area contributed by atoms with E-state index >= 15 is 0 Å². The smallest absolute Gasteiger partial charge is 0.235 e. The summed E-state index contributed by atoms with van der Waals surface area (Å²) in [6.07, 6.45) is 4.06. The molecule has 1 aliphatic heterocycles. The van der Waals surface area contributed by atoms with Gasteiger partial charge in [0.05, 0.1) is 23.1 Å². The number of hydrogen-bond donors (Lipinski definition) is 2. The summed E-state index contributed by atoms with van der Waals surface area (Å²) >= 11 is 0. The molecule has 2 aromatic rings. The van der Waals surface area contributed by atoms with Crippen LogP contribution in [0.3, 0.4) is 0 Å². The number of anilines is 1. The number of sulfonamides is 1. The van der Waals surface area contributed by atoms with E-state index in [1.165, 1.54) is 4.31 Å². The Bertz CT molecular complexity index is 811. The molecule has 134 valence electrons. The number of aromatic amines is 1. The van der Waals surface area contributed by atoms with E-state index in [9.17, 15) is 13.2 Å². The van der Waals surface area contributed by atoms with Crippen LogP contribution in [0.4, 0.5) is 5.69 Å². The second-order valence-corrected chi connectivity index (χ2v) is 8.45. The van der Waals surface area contributed by atoms with Crippen molar-refractivity contribution < 1.29 is 13.2 Å². The molecular weight excluding hydrogens is 340 g/mol. The predicted molar refractivity (Wildman–Crippen MR) is 95.6 cm³/mol. The molecule has 3 rings (SSSR count). The lowest BCUT2D eigenvalue weighted by molar-refractivity contribution is -0.123. The molecule has 0 saturated carbocycles. The zero-order valence-corrected chi connectivity index (χ0v) is 14.9. The van der Waals surface area contributed by atoms with Gasteiger partial charge >= 0.3 is 0 Å². The second-order valence-electron chi connectivity index (χ2n) is 6.19. The Hall–Kier alpha value is -2.19. The first kappa shape index (κ1) is 17.6. The highest BCUT2D eigenvalue weighted by molar-refractivity contribution is 7.89. The van der Waals surface area contributed by atoms with Crippen LogP contribution in [0.5, 0.6) is 0 Å². The molecule has 1 aliphatic rings. The van der Waals surface area contributed by atoms with Gasteiger partial charge in [0.1, 0.15) is 0 Å². The summed E-state index contributed by atoms with van der Waals surface area (Å²) in [4.78, 5) is 13.1. The van der Waals surface area contributed by atoms with Crippen molar-refractivity contribution in [2.45, 2.75) is 25.2 Å². The van der Waals surface area contributed by atoms with Crippen molar-refractivity contribution in [3.63, 3.8) is 0 Å². The largest absolute Gasteiger partial charge is 0.323 e. The number of piperidine rings is 1. The second kappa shape index (κ2) is 6.97. The molecule has 0 unspecified atom stereocenters. The highest BCUT2D eigenvalue weighted by Crippen LogP contribution is 2.37. The van der Waals surface area contributed by atoms with Gasteiger partial charge in [0.2, 0.25) is 15.9 Å². The van der Waals surface area contributed by atoms with E-state index in [2.05, 4.69) is 15.5 Å². The number of carbonyl (C=O) groups is 1. The SMILES string of the molecule is CCS(=O)(=O)N1CCC(C(=O)Nc2cn[nH]c2)(c2ccccc2)CC1. The average molecular weight is 362 g/mol. The number of rotatable bonds is 5. The van der Waals surface area contributed by atoms with E-state index in [4.69, 9.17) is 0 Å². The lowest BCUT2D eigenvalue weighted by atomic mass is 9.72. The first-order valence-electron chi connectivity index (χ1n) is 8.31. The molecule has 0 bridgehead atoms. The van der Waals surface area contributed by atoms with Gasteiger partial charge in [0.25, 0.3) is 0 Å². The highest BCUT2D eigenvalue weighted by atomic mass is 32.2. The number of hydrogen-bond acceptors (Lipinski definition) is 4. The predicted octanol–water partition coefficient (Wildman–Crippen LogP) is 1.73. The first-order chi connectivity index (χ1) is 12.0. The molecule has 2 N–H and O–H groups in total. The fourth-order valence-electron chi connectivity index (χ4n) is 3.30. The van der Waals surface area contributed by atoms with Gasteiger partial charge in [-0.1, -0.05) is 30.3 Å². The summed E-state index contributed by atoms with van der Waals surface area (Å²) in [6, 6.07) is 9.56. The molecule has 0 atom stereocenters. The summed E-state index contributed by atoms with van der Waals surface area (Å²) in [6.45, 7) is 2.31. The van der Waals surface area contributed by atoms with Gasteiger partial charge in [-0.3, -0.25) is 9.89 Å². The number of benzene rings is 1. The third-order valence-electron chi connectivity index (χ3n) is 4.85. The molecule has 1 amide bonds. The maximum Gasteiger partial charge on any atom is 0.235 e. The average Bonchev–Trinajstić information content (AvgIpc) is 3.15. The van der Waals surface area contributed by atoms with Crippen molar-refractivity contribution in [1.29, 1.82) is 0 Å². The molecule has 7 nitrogen and oxygen atoms in total. The van der Waals surface area contributed by atoms with Crippen molar-refractivity contribution in [2.24, 2.45) is 0 Å². The molecule has 1 aromatic carbocycles. The Labute approximate surface area is 147 Å². The number of nitrogens with one attached hydrogen (secondary N) is 2. The number of carbonyl (C=O) groups excluding carboxylic acids is 1. The van der Waals surface area contributed by atoms with Gasteiger partial charge < -0.3 is 5.32 Å². The van der Waals surface area contributed by atoms with Crippen LogP contribution in [-0.4, -0.2) is 47.7 Å². The van der Waals surface area contributed by atoms with Crippen molar-refractivity contribution in [2.75, 3.05) is 24.2 Å². The lowest BCUT2D eigenvalue weighted by Crippen LogP contribution is -2.51. The number of amides is 1. The van der Waals surface area contributed by atoms with Crippen molar-refractivity contribution in [3.8, 4) is 0 Å². The van der Waals surface area contributed by atoms with Crippen LogP contribution in [0.1, 0.15) is 25.3 Å².